The van der Waals surface area contributed by atoms with E-state index in [1.807, 2.05) is 6.92 Å². The van der Waals surface area contributed by atoms with Gasteiger partial charge < -0.3 is 4.74 Å². The number of carbonyl (C=O) groups excluding carboxylic acids is 1. The van der Waals surface area contributed by atoms with Crippen LogP contribution in [0.25, 0.3) is 0 Å². The zero-order chi connectivity index (χ0) is 11.3. The quantitative estimate of drug-likeness (QED) is 0.665. The van der Waals surface area contributed by atoms with E-state index in [4.69, 9.17) is 4.74 Å². The van der Waals surface area contributed by atoms with Crippen LogP contribution in [0.1, 0.15) is 46.5 Å². The van der Waals surface area contributed by atoms with Crippen LogP contribution in [0.4, 0.5) is 0 Å². The third-order valence-corrected chi connectivity index (χ3v) is 3.34. The predicted molar refractivity (Wildman–Crippen MR) is 61.5 cm³/mol. The highest BCUT2D eigenvalue weighted by Gasteiger charge is 2.25. The second-order valence-electron chi connectivity index (χ2n) is 4.19. The lowest BCUT2D eigenvalue weighted by Gasteiger charge is -2.28. The lowest BCUT2D eigenvalue weighted by molar-refractivity contribution is -0.138. The maximum atomic E-state index is 11.6. The van der Waals surface area contributed by atoms with Gasteiger partial charge in [0.1, 0.15) is 0 Å². The summed E-state index contributed by atoms with van der Waals surface area (Å²) in [5, 5.41) is 0. The van der Waals surface area contributed by atoms with E-state index in [0.29, 0.717) is 12.5 Å². The van der Waals surface area contributed by atoms with Gasteiger partial charge in [-0.25, -0.2) is 4.79 Å². The van der Waals surface area contributed by atoms with Crippen LogP contribution in [0, 0.1) is 11.8 Å². The monoisotopic (exact) mass is 210 g/mol. The minimum atomic E-state index is -0.106. The topological polar surface area (TPSA) is 26.3 Å². The molecular weight excluding hydrogens is 188 g/mol. The average Bonchev–Trinajstić information content (AvgIpc) is 2.28. The molecule has 1 aliphatic rings. The van der Waals surface area contributed by atoms with Crippen molar-refractivity contribution >= 4 is 5.97 Å². The first-order chi connectivity index (χ1) is 7.22. The van der Waals surface area contributed by atoms with E-state index in [2.05, 4.69) is 19.9 Å². The maximum Gasteiger partial charge on any atom is 0.333 e. The minimum absolute atomic E-state index is 0.106. The van der Waals surface area contributed by atoms with E-state index in [-0.39, 0.29) is 5.97 Å². The number of ether oxygens (including phenoxy) is 1. The Morgan fingerprint density at radius 1 is 1.40 bits per heavy atom. The first kappa shape index (κ1) is 12.3. The van der Waals surface area contributed by atoms with Gasteiger partial charge in [-0.3, -0.25) is 0 Å². The molecule has 0 aliphatic heterocycles. The highest BCUT2D eigenvalue weighted by molar-refractivity contribution is 5.88. The van der Waals surface area contributed by atoms with Crippen LogP contribution in [-0.2, 0) is 9.53 Å². The summed E-state index contributed by atoms with van der Waals surface area (Å²) in [5.74, 6) is 1.22. The summed E-state index contributed by atoms with van der Waals surface area (Å²) in [6.45, 7) is 6.76. The maximum absolute atomic E-state index is 11.6. The molecule has 0 saturated carbocycles. The molecule has 0 aromatic carbocycles. The van der Waals surface area contributed by atoms with Gasteiger partial charge in [0.15, 0.2) is 0 Å². The summed E-state index contributed by atoms with van der Waals surface area (Å²) < 4.78 is 5.04. The molecule has 0 saturated heterocycles. The molecule has 86 valence electrons. The second kappa shape index (κ2) is 5.94. The number of esters is 1. The molecule has 0 bridgehead atoms. The van der Waals surface area contributed by atoms with Crippen molar-refractivity contribution in [2.24, 2.45) is 11.8 Å². The molecule has 0 heterocycles. The third kappa shape index (κ3) is 3.08. The lowest BCUT2D eigenvalue weighted by atomic mass is 9.78. The molecule has 1 rings (SSSR count). The van der Waals surface area contributed by atoms with Crippen molar-refractivity contribution in [3.8, 4) is 0 Å². The molecule has 0 N–H and O–H groups in total. The first-order valence-corrected chi connectivity index (χ1v) is 6.10. The van der Waals surface area contributed by atoms with Gasteiger partial charge in [0, 0.05) is 5.57 Å². The van der Waals surface area contributed by atoms with E-state index >= 15 is 0 Å². The Kier molecular flexibility index (Phi) is 4.86. The van der Waals surface area contributed by atoms with Crippen molar-refractivity contribution in [1.29, 1.82) is 0 Å². The molecule has 2 unspecified atom stereocenters. The number of rotatable bonds is 4. The predicted octanol–water partition coefficient (Wildman–Crippen LogP) is 3.32. The van der Waals surface area contributed by atoms with Crippen molar-refractivity contribution in [3.63, 3.8) is 0 Å². The Bertz CT molecular complexity index is 243. The molecule has 1 aliphatic carbocycles. The molecule has 0 fully saturated rings. The first-order valence-electron chi connectivity index (χ1n) is 6.10. The fourth-order valence-corrected chi connectivity index (χ4v) is 2.38. The van der Waals surface area contributed by atoms with Crippen LogP contribution in [0.3, 0.4) is 0 Å². The summed E-state index contributed by atoms with van der Waals surface area (Å²) in [5.41, 5.74) is 0.897. The Labute approximate surface area is 92.7 Å². The van der Waals surface area contributed by atoms with E-state index in [0.717, 1.165) is 30.8 Å². The fraction of sp³-hybridized carbons (Fsp3) is 0.769. The summed E-state index contributed by atoms with van der Waals surface area (Å²) in [6, 6.07) is 0. The van der Waals surface area contributed by atoms with Gasteiger partial charge in [-0.2, -0.15) is 0 Å². The van der Waals surface area contributed by atoms with Crippen LogP contribution in [0.5, 0.6) is 0 Å². The van der Waals surface area contributed by atoms with Crippen LogP contribution in [0.2, 0.25) is 0 Å². The fourth-order valence-electron chi connectivity index (χ4n) is 2.38. The molecule has 2 nitrogen and oxygen atoms in total. The normalized spacial score (nSPS) is 25.9. The highest BCUT2D eigenvalue weighted by atomic mass is 16.5. The molecule has 0 aromatic heterocycles. The average molecular weight is 210 g/mol. The number of hydrogen-bond acceptors (Lipinski definition) is 2. The van der Waals surface area contributed by atoms with E-state index in [9.17, 15) is 4.79 Å². The number of allylic oxidation sites excluding steroid dienone is 1. The van der Waals surface area contributed by atoms with Crippen molar-refractivity contribution in [3.05, 3.63) is 11.6 Å². The van der Waals surface area contributed by atoms with Gasteiger partial charge in [0.2, 0.25) is 0 Å². The van der Waals surface area contributed by atoms with Crippen molar-refractivity contribution in [2.75, 3.05) is 6.61 Å². The summed E-state index contributed by atoms with van der Waals surface area (Å²) in [4.78, 5) is 11.6. The van der Waals surface area contributed by atoms with Crippen LogP contribution in [-0.4, -0.2) is 12.6 Å². The van der Waals surface area contributed by atoms with Crippen LogP contribution in [0.15, 0.2) is 11.6 Å². The minimum Gasteiger partial charge on any atom is -0.463 e. The number of hydrogen-bond donors (Lipinski definition) is 0. The standard InChI is InChI=1S/C13H22O2/c1-4-10-7-8-12(9-11(10)5-2)13(14)15-6-3/h9-11H,4-8H2,1-3H3. The Morgan fingerprint density at radius 2 is 2.13 bits per heavy atom. The van der Waals surface area contributed by atoms with Gasteiger partial charge >= 0.3 is 5.97 Å². The van der Waals surface area contributed by atoms with E-state index in [1.165, 1.54) is 6.42 Å². The largest absolute Gasteiger partial charge is 0.463 e. The van der Waals surface area contributed by atoms with E-state index < -0.39 is 0 Å². The lowest BCUT2D eigenvalue weighted by Crippen LogP contribution is -2.20. The Hall–Kier alpha value is -0.790. The molecule has 0 aromatic rings. The van der Waals surface area contributed by atoms with Gasteiger partial charge in [-0.1, -0.05) is 26.3 Å². The van der Waals surface area contributed by atoms with E-state index in [1.54, 1.807) is 0 Å². The van der Waals surface area contributed by atoms with Crippen molar-refractivity contribution in [1.82, 2.24) is 0 Å². The van der Waals surface area contributed by atoms with Crippen molar-refractivity contribution < 1.29 is 9.53 Å². The van der Waals surface area contributed by atoms with Gasteiger partial charge in [-0.05, 0) is 38.0 Å². The molecule has 0 radical (unpaired) electrons. The third-order valence-electron chi connectivity index (χ3n) is 3.34. The SMILES string of the molecule is CCOC(=O)C1=CC(CC)C(CC)CC1. The van der Waals surface area contributed by atoms with Gasteiger partial charge in [-0.15, -0.1) is 0 Å². The molecule has 2 atom stereocenters. The van der Waals surface area contributed by atoms with Crippen molar-refractivity contribution in [2.45, 2.75) is 46.5 Å². The van der Waals surface area contributed by atoms with Crippen LogP contribution >= 0.6 is 0 Å². The zero-order valence-corrected chi connectivity index (χ0v) is 10.1. The molecule has 2 heteroatoms. The summed E-state index contributed by atoms with van der Waals surface area (Å²) >= 11 is 0. The summed E-state index contributed by atoms with van der Waals surface area (Å²) in [6.07, 6.45) is 6.52. The molecular formula is C13H22O2. The van der Waals surface area contributed by atoms with Crippen LogP contribution < -0.4 is 0 Å². The van der Waals surface area contributed by atoms with Gasteiger partial charge in [0.05, 0.1) is 6.61 Å². The Morgan fingerprint density at radius 3 is 2.67 bits per heavy atom. The molecule has 0 spiro atoms. The number of carbonyl (C=O) groups is 1. The van der Waals surface area contributed by atoms with Gasteiger partial charge in [0.25, 0.3) is 0 Å². The second-order valence-corrected chi connectivity index (χ2v) is 4.19. The zero-order valence-electron chi connectivity index (χ0n) is 10.1. The molecule has 15 heavy (non-hydrogen) atoms. The smallest absolute Gasteiger partial charge is 0.333 e. The Balaban J connectivity index is 2.67. The molecule has 0 amide bonds. The summed E-state index contributed by atoms with van der Waals surface area (Å²) in [7, 11) is 0. The highest BCUT2D eigenvalue weighted by Crippen LogP contribution is 2.33.